The highest BCUT2D eigenvalue weighted by atomic mass is 32.2. The maximum absolute atomic E-state index is 12.8. The Bertz CT molecular complexity index is 974. The summed E-state index contributed by atoms with van der Waals surface area (Å²) in [5.74, 6) is 1.05. The Balaban J connectivity index is 1.47. The topological polar surface area (TPSA) is 68.9 Å². The molecule has 2 heterocycles. The van der Waals surface area contributed by atoms with Crippen molar-refractivity contribution in [2.24, 2.45) is 0 Å². The van der Waals surface area contributed by atoms with Gasteiger partial charge in [0.1, 0.15) is 11.6 Å². The van der Waals surface area contributed by atoms with Crippen LogP contribution in [-0.2, 0) is 21.3 Å². The second kappa shape index (κ2) is 9.89. The number of hydrogen-bond donors (Lipinski definition) is 1. The van der Waals surface area contributed by atoms with Gasteiger partial charge in [0.25, 0.3) is 0 Å². The van der Waals surface area contributed by atoms with E-state index in [2.05, 4.69) is 10.4 Å². The first-order valence-corrected chi connectivity index (χ1v) is 12.1. The summed E-state index contributed by atoms with van der Waals surface area (Å²) in [5, 5.41) is 7.63. The zero-order valence-electron chi connectivity index (χ0n) is 17.1. The molecule has 0 radical (unpaired) electrons. The summed E-state index contributed by atoms with van der Waals surface area (Å²) >= 11 is 0. The standard InChI is InChI=1S/C23H28N4O2S/c28-22(25-20-10-4-1-2-5-11-20)18-30(29)17-19-16-24-27(21-12-6-3-7-13-21)23(19)26-14-8-9-15-26/h3,6-9,12-16,20H,1-2,4-5,10-11,17-18H2,(H,25,28). The summed E-state index contributed by atoms with van der Waals surface area (Å²) in [5.41, 5.74) is 1.79. The van der Waals surface area contributed by atoms with Crippen LogP contribution in [0.5, 0.6) is 0 Å². The highest BCUT2D eigenvalue weighted by molar-refractivity contribution is 7.84. The molecule has 1 aliphatic rings. The van der Waals surface area contributed by atoms with Gasteiger partial charge in [0, 0.05) is 34.8 Å². The zero-order valence-corrected chi connectivity index (χ0v) is 17.9. The quantitative estimate of drug-likeness (QED) is 0.587. The van der Waals surface area contributed by atoms with Gasteiger partial charge in [-0.2, -0.15) is 5.10 Å². The number of benzene rings is 1. The van der Waals surface area contributed by atoms with Crippen molar-refractivity contribution in [2.45, 2.75) is 50.3 Å². The minimum atomic E-state index is -1.30. The molecule has 1 N–H and O–H groups in total. The van der Waals surface area contributed by atoms with Crippen LogP contribution in [0.4, 0.5) is 0 Å². The van der Waals surface area contributed by atoms with Gasteiger partial charge in [0.2, 0.25) is 5.91 Å². The Morgan fingerprint density at radius 1 is 1.03 bits per heavy atom. The summed E-state index contributed by atoms with van der Waals surface area (Å²) in [6.07, 6.45) is 12.5. The van der Waals surface area contributed by atoms with Crippen molar-refractivity contribution < 1.29 is 9.00 Å². The molecule has 0 bridgehead atoms. The maximum Gasteiger partial charge on any atom is 0.232 e. The van der Waals surface area contributed by atoms with E-state index in [1.165, 1.54) is 12.8 Å². The largest absolute Gasteiger partial charge is 0.353 e. The van der Waals surface area contributed by atoms with Crippen LogP contribution >= 0.6 is 0 Å². The molecule has 2 aromatic heterocycles. The van der Waals surface area contributed by atoms with Crippen molar-refractivity contribution in [3.63, 3.8) is 0 Å². The number of aromatic nitrogens is 3. The third kappa shape index (κ3) is 5.08. The molecule has 1 atom stereocenters. The smallest absolute Gasteiger partial charge is 0.232 e. The first-order valence-electron chi connectivity index (χ1n) is 10.6. The van der Waals surface area contributed by atoms with Gasteiger partial charge < -0.3 is 9.88 Å². The third-order valence-electron chi connectivity index (χ3n) is 5.50. The van der Waals surface area contributed by atoms with Gasteiger partial charge in [-0.1, -0.05) is 43.9 Å². The number of para-hydroxylation sites is 1. The lowest BCUT2D eigenvalue weighted by atomic mass is 10.1. The van der Waals surface area contributed by atoms with Crippen molar-refractivity contribution in [1.82, 2.24) is 19.7 Å². The van der Waals surface area contributed by atoms with E-state index in [1.54, 1.807) is 6.20 Å². The van der Waals surface area contributed by atoms with Crippen LogP contribution in [0.3, 0.4) is 0 Å². The van der Waals surface area contributed by atoms with Crippen LogP contribution in [0.2, 0.25) is 0 Å². The molecule has 1 unspecified atom stereocenters. The zero-order chi connectivity index (χ0) is 20.8. The van der Waals surface area contributed by atoms with Gasteiger partial charge in [-0.3, -0.25) is 9.00 Å². The number of nitrogens with one attached hydrogen (secondary N) is 1. The second-order valence-corrected chi connectivity index (χ2v) is 9.27. The Hall–Kier alpha value is -2.67. The lowest BCUT2D eigenvalue weighted by Gasteiger charge is -2.16. The first kappa shape index (κ1) is 20.6. The van der Waals surface area contributed by atoms with Crippen LogP contribution in [0.1, 0.15) is 44.1 Å². The van der Waals surface area contributed by atoms with Crippen LogP contribution in [0.25, 0.3) is 11.5 Å². The number of carbonyl (C=O) groups excluding carboxylic acids is 1. The monoisotopic (exact) mass is 424 g/mol. The van der Waals surface area contributed by atoms with Crippen LogP contribution in [0.15, 0.2) is 61.1 Å². The summed E-state index contributed by atoms with van der Waals surface area (Å²) in [4.78, 5) is 12.4. The van der Waals surface area contributed by atoms with E-state index in [-0.39, 0.29) is 17.7 Å². The molecule has 7 heteroatoms. The van der Waals surface area contributed by atoms with Crippen molar-refractivity contribution in [3.05, 3.63) is 66.6 Å². The van der Waals surface area contributed by atoms with Crippen molar-refractivity contribution in [2.75, 3.05) is 5.75 Å². The lowest BCUT2D eigenvalue weighted by molar-refractivity contribution is -0.119. The fraction of sp³-hybridized carbons (Fsp3) is 0.391. The molecule has 0 spiro atoms. The Kier molecular flexibility index (Phi) is 6.79. The normalized spacial score (nSPS) is 16.1. The molecule has 1 aromatic carbocycles. The van der Waals surface area contributed by atoms with Crippen molar-refractivity contribution >= 4 is 16.7 Å². The molecule has 0 saturated heterocycles. The molecule has 1 aliphatic carbocycles. The van der Waals surface area contributed by atoms with E-state index in [9.17, 15) is 9.00 Å². The minimum absolute atomic E-state index is 0.0259. The molecule has 1 saturated carbocycles. The van der Waals surface area contributed by atoms with Gasteiger partial charge >= 0.3 is 0 Å². The number of hydrogen-bond acceptors (Lipinski definition) is 3. The average Bonchev–Trinajstić information content (AvgIpc) is 3.33. The van der Waals surface area contributed by atoms with Crippen molar-refractivity contribution in [3.8, 4) is 11.5 Å². The average molecular weight is 425 g/mol. The number of amides is 1. The van der Waals surface area contributed by atoms with Gasteiger partial charge in [-0.05, 0) is 37.1 Å². The van der Waals surface area contributed by atoms with Crippen LogP contribution in [0, 0.1) is 0 Å². The second-order valence-electron chi connectivity index (χ2n) is 7.82. The van der Waals surface area contributed by atoms with Gasteiger partial charge in [-0.15, -0.1) is 0 Å². The van der Waals surface area contributed by atoms with E-state index >= 15 is 0 Å². The summed E-state index contributed by atoms with van der Waals surface area (Å²) in [7, 11) is -1.30. The predicted molar refractivity (Wildman–Crippen MR) is 119 cm³/mol. The first-order chi connectivity index (χ1) is 14.7. The molecule has 158 valence electrons. The Morgan fingerprint density at radius 2 is 1.73 bits per heavy atom. The number of carbonyl (C=O) groups is 1. The molecule has 1 amide bonds. The summed E-state index contributed by atoms with van der Waals surface area (Å²) < 4.78 is 16.6. The molecule has 30 heavy (non-hydrogen) atoms. The third-order valence-corrected chi connectivity index (χ3v) is 6.71. The van der Waals surface area contributed by atoms with Gasteiger partial charge in [0.15, 0.2) is 0 Å². The summed E-state index contributed by atoms with van der Waals surface area (Å²) in [6.45, 7) is 0. The Morgan fingerprint density at radius 3 is 2.43 bits per heavy atom. The summed E-state index contributed by atoms with van der Waals surface area (Å²) in [6, 6.07) is 14.0. The highest BCUT2D eigenvalue weighted by Crippen LogP contribution is 2.21. The molecule has 4 rings (SSSR count). The fourth-order valence-corrected chi connectivity index (χ4v) is 5.08. The van der Waals surface area contributed by atoms with Crippen LogP contribution in [-0.4, -0.2) is 36.3 Å². The molecule has 6 nitrogen and oxygen atoms in total. The number of nitrogens with zero attached hydrogens (tertiary/aromatic N) is 3. The molecular weight excluding hydrogens is 396 g/mol. The SMILES string of the molecule is O=C(CS(=O)Cc1cnn(-c2ccccc2)c1-n1cccc1)NC1CCCCCC1. The highest BCUT2D eigenvalue weighted by Gasteiger charge is 2.19. The van der Waals surface area contributed by atoms with E-state index in [4.69, 9.17) is 0 Å². The maximum atomic E-state index is 12.8. The molecule has 0 aliphatic heterocycles. The fourth-order valence-electron chi connectivity index (χ4n) is 4.05. The predicted octanol–water partition coefficient (Wildman–Crippen LogP) is 3.75. The Labute approximate surface area is 179 Å². The van der Waals surface area contributed by atoms with E-state index in [0.29, 0.717) is 5.75 Å². The van der Waals surface area contributed by atoms with E-state index in [0.717, 1.165) is 42.8 Å². The molecule has 3 aromatic rings. The van der Waals surface area contributed by atoms with Gasteiger partial charge in [-0.25, -0.2) is 4.68 Å². The van der Waals surface area contributed by atoms with Crippen molar-refractivity contribution in [1.29, 1.82) is 0 Å². The molecular formula is C23H28N4O2S. The minimum Gasteiger partial charge on any atom is -0.353 e. The van der Waals surface area contributed by atoms with Gasteiger partial charge in [0.05, 0.1) is 17.6 Å². The van der Waals surface area contributed by atoms with Crippen LogP contribution < -0.4 is 5.32 Å². The molecule has 1 fully saturated rings. The lowest BCUT2D eigenvalue weighted by Crippen LogP contribution is -2.37. The number of rotatable bonds is 7. The van der Waals surface area contributed by atoms with E-state index in [1.807, 2.05) is 64.1 Å². The van der Waals surface area contributed by atoms with E-state index < -0.39 is 10.8 Å².